The first-order valence-corrected chi connectivity index (χ1v) is 7.24. The molecule has 1 heterocycles. The predicted molar refractivity (Wildman–Crippen MR) is 82.5 cm³/mol. The molecule has 0 unspecified atom stereocenters. The van der Waals surface area contributed by atoms with Crippen molar-refractivity contribution >= 4 is 11.8 Å². The molecule has 2 aromatic rings. The lowest BCUT2D eigenvalue weighted by Crippen LogP contribution is -2.13. The lowest BCUT2D eigenvalue weighted by Gasteiger charge is -2.10. The Morgan fingerprint density at radius 2 is 1.77 bits per heavy atom. The van der Waals surface area contributed by atoms with Gasteiger partial charge in [-0.1, -0.05) is 0 Å². The zero-order valence-corrected chi connectivity index (χ0v) is 12.7. The molecule has 0 atom stereocenters. The number of hydrogen-bond acceptors (Lipinski definition) is 3. The van der Waals surface area contributed by atoms with E-state index in [9.17, 15) is 9.59 Å². The van der Waals surface area contributed by atoms with Gasteiger partial charge in [0.05, 0.1) is 18.7 Å². The summed E-state index contributed by atoms with van der Waals surface area (Å²) in [5.74, 6) is -0.314. The summed E-state index contributed by atoms with van der Waals surface area (Å²) in [6.07, 6.45) is -0.0929. The molecule has 0 aliphatic carbocycles. The van der Waals surface area contributed by atoms with Gasteiger partial charge in [0.1, 0.15) is 5.75 Å². The quantitative estimate of drug-likeness (QED) is 0.798. The van der Waals surface area contributed by atoms with Crippen LogP contribution in [0, 0.1) is 0 Å². The van der Waals surface area contributed by atoms with Crippen LogP contribution in [0.1, 0.15) is 35.6 Å². The van der Waals surface area contributed by atoms with Gasteiger partial charge in [-0.05, 0) is 50.2 Å². The maximum absolute atomic E-state index is 12.6. The smallest absolute Gasteiger partial charge is 0.309 e. The minimum absolute atomic E-state index is 0.0929. The van der Waals surface area contributed by atoms with E-state index in [0.29, 0.717) is 30.1 Å². The SMILES string of the molecule is CCOc1ccc(C(=O)c2ccc(CC(=O)O)n2CC)cc1. The van der Waals surface area contributed by atoms with Gasteiger partial charge in [0.2, 0.25) is 5.78 Å². The molecule has 2 rings (SSSR count). The van der Waals surface area contributed by atoms with Crippen LogP contribution in [-0.2, 0) is 17.8 Å². The first-order valence-electron chi connectivity index (χ1n) is 7.24. The number of aliphatic carboxylic acids is 1. The molecule has 0 spiro atoms. The Morgan fingerprint density at radius 1 is 1.09 bits per heavy atom. The van der Waals surface area contributed by atoms with E-state index >= 15 is 0 Å². The lowest BCUT2D eigenvalue weighted by atomic mass is 10.1. The maximum Gasteiger partial charge on any atom is 0.309 e. The Balaban J connectivity index is 2.28. The average Bonchev–Trinajstić information content (AvgIpc) is 2.89. The molecular formula is C17H19NO4. The van der Waals surface area contributed by atoms with Crippen molar-refractivity contribution in [2.24, 2.45) is 0 Å². The minimum Gasteiger partial charge on any atom is -0.494 e. The van der Waals surface area contributed by atoms with Gasteiger partial charge in [-0.15, -0.1) is 0 Å². The molecule has 0 amide bonds. The zero-order chi connectivity index (χ0) is 16.1. The molecular weight excluding hydrogens is 282 g/mol. The van der Waals surface area contributed by atoms with Crippen LogP contribution in [0.25, 0.3) is 0 Å². The summed E-state index contributed by atoms with van der Waals surface area (Å²) in [4.78, 5) is 23.5. The number of aromatic nitrogens is 1. The molecule has 0 radical (unpaired) electrons. The molecule has 0 bridgehead atoms. The summed E-state index contributed by atoms with van der Waals surface area (Å²) in [5, 5.41) is 8.92. The summed E-state index contributed by atoms with van der Waals surface area (Å²) in [6.45, 7) is 4.91. The minimum atomic E-state index is -0.909. The van der Waals surface area contributed by atoms with Crippen molar-refractivity contribution < 1.29 is 19.4 Å². The normalized spacial score (nSPS) is 10.5. The number of carbonyl (C=O) groups excluding carboxylic acids is 1. The Labute approximate surface area is 129 Å². The van der Waals surface area contributed by atoms with Crippen LogP contribution < -0.4 is 4.74 Å². The number of rotatable bonds is 7. The van der Waals surface area contributed by atoms with Crippen molar-refractivity contribution in [2.45, 2.75) is 26.8 Å². The van der Waals surface area contributed by atoms with Gasteiger partial charge in [-0.25, -0.2) is 0 Å². The van der Waals surface area contributed by atoms with E-state index in [1.165, 1.54) is 0 Å². The number of benzene rings is 1. The Bertz CT molecular complexity index is 670. The van der Waals surface area contributed by atoms with Crippen LogP contribution in [-0.4, -0.2) is 28.0 Å². The second kappa shape index (κ2) is 6.93. The second-order valence-corrected chi connectivity index (χ2v) is 4.81. The third-order valence-corrected chi connectivity index (χ3v) is 3.38. The van der Waals surface area contributed by atoms with E-state index in [4.69, 9.17) is 9.84 Å². The average molecular weight is 301 g/mol. The summed E-state index contributed by atoms with van der Waals surface area (Å²) in [6, 6.07) is 10.3. The van der Waals surface area contributed by atoms with Crippen molar-refractivity contribution in [1.82, 2.24) is 4.57 Å². The molecule has 0 aliphatic rings. The van der Waals surface area contributed by atoms with E-state index in [1.54, 1.807) is 41.0 Å². The molecule has 0 fully saturated rings. The van der Waals surface area contributed by atoms with Crippen LogP contribution in [0.15, 0.2) is 36.4 Å². The van der Waals surface area contributed by atoms with E-state index < -0.39 is 5.97 Å². The number of ether oxygens (including phenoxy) is 1. The van der Waals surface area contributed by atoms with Gasteiger partial charge in [0, 0.05) is 17.8 Å². The van der Waals surface area contributed by atoms with Crippen LogP contribution in [0.2, 0.25) is 0 Å². The van der Waals surface area contributed by atoms with Crippen LogP contribution in [0.5, 0.6) is 5.75 Å². The van der Waals surface area contributed by atoms with E-state index in [-0.39, 0.29) is 12.2 Å². The first kappa shape index (κ1) is 15.8. The molecule has 0 saturated heterocycles. The number of ketones is 1. The molecule has 0 saturated carbocycles. The summed E-state index contributed by atoms with van der Waals surface area (Å²) >= 11 is 0. The van der Waals surface area contributed by atoms with Crippen molar-refractivity contribution in [1.29, 1.82) is 0 Å². The van der Waals surface area contributed by atoms with Gasteiger partial charge in [0.25, 0.3) is 0 Å². The van der Waals surface area contributed by atoms with Gasteiger partial charge < -0.3 is 14.4 Å². The fourth-order valence-corrected chi connectivity index (χ4v) is 2.41. The standard InChI is InChI=1S/C17H19NO4/c1-3-18-13(11-16(19)20)7-10-15(18)17(21)12-5-8-14(9-6-12)22-4-2/h5-10H,3-4,11H2,1-2H3,(H,19,20). The molecule has 0 aliphatic heterocycles. The summed E-state index contributed by atoms with van der Waals surface area (Å²) in [5.41, 5.74) is 1.69. The van der Waals surface area contributed by atoms with Crippen molar-refractivity contribution in [2.75, 3.05) is 6.61 Å². The predicted octanol–water partition coefficient (Wildman–Crippen LogP) is 2.76. The van der Waals surface area contributed by atoms with Gasteiger partial charge in [-0.3, -0.25) is 9.59 Å². The van der Waals surface area contributed by atoms with Crippen molar-refractivity contribution in [3.8, 4) is 5.75 Å². The summed E-state index contributed by atoms with van der Waals surface area (Å²) in [7, 11) is 0. The third-order valence-electron chi connectivity index (χ3n) is 3.38. The fourth-order valence-electron chi connectivity index (χ4n) is 2.41. The fraction of sp³-hybridized carbons (Fsp3) is 0.294. The Kier molecular flexibility index (Phi) is 4.99. The van der Waals surface area contributed by atoms with Crippen LogP contribution in [0.4, 0.5) is 0 Å². The molecule has 5 heteroatoms. The topological polar surface area (TPSA) is 68.5 Å². The van der Waals surface area contributed by atoms with E-state index in [0.717, 1.165) is 5.75 Å². The molecule has 5 nitrogen and oxygen atoms in total. The Hall–Kier alpha value is -2.56. The maximum atomic E-state index is 12.6. The number of carboxylic acids is 1. The molecule has 22 heavy (non-hydrogen) atoms. The number of carbonyl (C=O) groups is 2. The van der Waals surface area contributed by atoms with Crippen LogP contribution >= 0.6 is 0 Å². The molecule has 1 aromatic carbocycles. The van der Waals surface area contributed by atoms with Crippen molar-refractivity contribution in [3.05, 3.63) is 53.3 Å². The van der Waals surface area contributed by atoms with Gasteiger partial charge >= 0.3 is 5.97 Å². The highest BCUT2D eigenvalue weighted by molar-refractivity contribution is 6.08. The number of carboxylic acid groups (broad SMARTS) is 1. The molecule has 1 N–H and O–H groups in total. The highest BCUT2D eigenvalue weighted by Gasteiger charge is 2.17. The number of hydrogen-bond donors (Lipinski definition) is 1. The molecule has 116 valence electrons. The second-order valence-electron chi connectivity index (χ2n) is 4.81. The lowest BCUT2D eigenvalue weighted by molar-refractivity contribution is -0.136. The van der Waals surface area contributed by atoms with Crippen LogP contribution in [0.3, 0.4) is 0 Å². The van der Waals surface area contributed by atoms with Gasteiger partial charge in [0.15, 0.2) is 0 Å². The third kappa shape index (κ3) is 3.36. The molecule has 1 aromatic heterocycles. The van der Waals surface area contributed by atoms with E-state index in [2.05, 4.69) is 0 Å². The first-order chi connectivity index (χ1) is 10.6. The van der Waals surface area contributed by atoms with Crippen molar-refractivity contribution in [3.63, 3.8) is 0 Å². The largest absolute Gasteiger partial charge is 0.494 e. The highest BCUT2D eigenvalue weighted by Crippen LogP contribution is 2.18. The number of nitrogens with zero attached hydrogens (tertiary/aromatic N) is 1. The summed E-state index contributed by atoms with van der Waals surface area (Å²) < 4.78 is 7.10. The zero-order valence-electron chi connectivity index (χ0n) is 12.7. The van der Waals surface area contributed by atoms with Gasteiger partial charge in [-0.2, -0.15) is 0 Å². The Morgan fingerprint density at radius 3 is 2.32 bits per heavy atom. The monoisotopic (exact) mass is 301 g/mol. The highest BCUT2D eigenvalue weighted by atomic mass is 16.5. The van der Waals surface area contributed by atoms with E-state index in [1.807, 2.05) is 13.8 Å².